The Kier molecular flexibility index (Phi) is 5.99. The molecule has 0 bridgehead atoms. The molecule has 0 aromatic heterocycles. The summed E-state index contributed by atoms with van der Waals surface area (Å²) in [6.45, 7) is 9.33. The summed E-state index contributed by atoms with van der Waals surface area (Å²) in [5, 5.41) is 3.47. The highest BCUT2D eigenvalue weighted by Gasteiger charge is 2.17. The molecular formula is C17H27FN2. The minimum atomic E-state index is -0.0709. The van der Waals surface area contributed by atoms with Crippen LogP contribution in [0, 0.1) is 18.7 Å². The first kappa shape index (κ1) is 15.5. The van der Waals surface area contributed by atoms with Crippen LogP contribution in [0.3, 0.4) is 0 Å². The standard InChI is InChI=1S/C17H27FN2/c1-3-9-20(12-15-5-4-8-19-11-15)13-16-10-14(2)6-7-17(16)18/h6-7,10,15,19H,3-5,8-9,11-13H2,1-2H3. The lowest BCUT2D eigenvalue weighted by Crippen LogP contribution is -2.38. The van der Waals surface area contributed by atoms with E-state index in [1.807, 2.05) is 19.1 Å². The van der Waals surface area contributed by atoms with Gasteiger partial charge < -0.3 is 5.32 Å². The Balaban J connectivity index is 1.98. The van der Waals surface area contributed by atoms with E-state index in [9.17, 15) is 4.39 Å². The average molecular weight is 278 g/mol. The third kappa shape index (κ3) is 4.57. The number of piperidine rings is 1. The lowest BCUT2D eigenvalue weighted by Gasteiger charge is -2.30. The van der Waals surface area contributed by atoms with Crippen LogP contribution < -0.4 is 5.32 Å². The molecule has 1 saturated heterocycles. The molecule has 2 rings (SSSR count). The van der Waals surface area contributed by atoms with Crippen molar-refractivity contribution < 1.29 is 4.39 Å². The SMILES string of the molecule is CCCN(Cc1cc(C)ccc1F)CC1CCCNC1. The van der Waals surface area contributed by atoms with Crippen molar-refractivity contribution in [3.8, 4) is 0 Å². The molecule has 2 nitrogen and oxygen atoms in total. The van der Waals surface area contributed by atoms with Gasteiger partial charge in [-0.15, -0.1) is 0 Å². The van der Waals surface area contributed by atoms with Gasteiger partial charge in [0.25, 0.3) is 0 Å². The second-order valence-corrected chi connectivity index (χ2v) is 6.04. The molecule has 0 saturated carbocycles. The Morgan fingerprint density at radius 2 is 2.25 bits per heavy atom. The van der Waals surface area contributed by atoms with Gasteiger partial charge in [-0.25, -0.2) is 4.39 Å². The maximum atomic E-state index is 13.9. The van der Waals surface area contributed by atoms with Crippen LogP contribution in [-0.2, 0) is 6.54 Å². The zero-order valence-electron chi connectivity index (χ0n) is 12.8. The van der Waals surface area contributed by atoms with Gasteiger partial charge in [0.2, 0.25) is 0 Å². The monoisotopic (exact) mass is 278 g/mol. The molecule has 1 unspecified atom stereocenters. The summed E-state index contributed by atoms with van der Waals surface area (Å²) in [7, 11) is 0. The Hall–Kier alpha value is -0.930. The molecule has 1 heterocycles. The Labute approximate surface area is 122 Å². The van der Waals surface area contributed by atoms with Crippen molar-refractivity contribution in [1.29, 1.82) is 0 Å². The predicted molar refractivity (Wildman–Crippen MR) is 82.3 cm³/mol. The van der Waals surface area contributed by atoms with Crippen molar-refractivity contribution in [2.75, 3.05) is 26.2 Å². The van der Waals surface area contributed by atoms with Crippen molar-refractivity contribution >= 4 is 0 Å². The number of nitrogens with zero attached hydrogens (tertiary/aromatic N) is 1. The van der Waals surface area contributed by atoms with Gasteiger partial charge in [0.1, 0.15) is 5.82 Å². The van der Waals surface area contributed by atoms with E-state index < -0.39 is 0 Å². The van der Waals surface area contributed by atoms with Gasteiger partial charge in [-0.3, -0.25) is 4.90 Å². The number of hydrogen-bond acceptors (Lipinski definition) is 2. The molecule has 1 aliphatic rings. The van der Waals surface area contributed by atoms with Gasteiger partial charge in [0.15, 0.2) is 0 Å². The van der Waals surface area contributed by atoms with Crippen LogP contribution in [0.25, 0.3) is 0 Å². The lowest BCUT2D eigenvalue weighted by molar-refractivity contribution is 0.199. The minimum absolute atomic E-state index is 0.0709. The molecule has 0 radical (unpaired) electrons. The summed E-state index contributed by atoms with van der Waals surface area (Å²) in [6.07, 6.45) is 3.68. The van der Waals surface area contributed by atoms with Crippen molar-refractivity contribution in [3.05, 3.63) is 35.1 Å². The molecule has 3 heteroatoms. The van der Waals surface area contributed by atoms with E-state index in [1.165, 1.54) is 12.8 Å². The molecule has 1 aromatic carbocycles. The van der Waals surface area contributed by atoms with E-state index in [2.05, 4.69) is 17.1 Å². The Bertz CT molecular complexity index is 413. The van der Waals surface area contributed by atoms with Gasteiger partial charge in [-0.2, -0.15) is 0 Å². The number of hydrogen-bond donors (Lipinski definition) is 1. The van der Waals surface area contributed by atoms with Crippen molar-refractivity contribution in [1.82, 2.24) is 10.2 Å². The topological polar surface area (TPSA) is 15.3 Å². The van der Waals surface area contributed by atoms with Crippen LogP contribution >= 0.6 is 0 Å². The summed E-state index contributed by atoms with van der Waals surface area (Å²) in [4.78, 5) is 2.41. The molecule has 1 fully saturated rings. The van der Waals surface area contributed by atoms with Crippen LogP contribution in [-0.4, -0.2) is 31.1 Å². The quantitative estimate of drug-likeness (QED) is 0.858. The fourth-order valence-corrected chi connectivity index (χ4v) is 3.06. The fourth-order valence-electron chi connectivity index (χ4n) is 3.06. The summed E-state index contributed by atoms with van der Waals surface area (Å²) in [5.41, 5.74) is 1.97. The molecule has 1 N–H and O–H groups in total. The highest BCUT2D eigenvalue weighted by atomic mass is 19.1. The van der Waals surface area contributed by atoms with E-state index in [-0.39, 0.29) is 5.82 Å². The van der Waals surface area contributed by atoms with Crippen LogP contribution in [0.15, 0.2) is 18.2 Å². The van der Waals surface area contributed by atoms with Crippen molar-refractivity contribution in [3.63, 3.8) is 0 Å². The third-order valence-electron chi connectivity index (χ3n) is 4.05. The molecule has 0 amide bonds. The number of nitrogens with one attached hydrogen (secondary N) is 1. The lowest BCUT2D eigenvalue weighted by atomic mass is 9.98. The average Bonchev–Trinajstić information content (AvgIpc) is 2.44. The molecule has 112 valence electrons. The van der Waals surface area contributed by atoms with Gasteiger partial charge >= 0.3 is 0 Å². The summed E-state index contributed by atoms with van der Waals surface area (Å²) >= 11 is 0. The van der Waals surface area contributed by atoms with Gasteiger partial charge in [-0.1, -0.05) is 24.6 Å². The van der Waals surface area contributed by atoms with E-state index in [4.69, 9.17) is 0 Å². The maximum absolute atomic E-state index is 13.9. The molecule has 1 aliphatic heterocycles. The zero-order chi connectivity index (χ0) is 14.4. The first-order chi connectivity index (χ1) is 9.69. The number of halogens is 1. The summed E-state index contributed by atoms with van der Waals surface area (Å²) in [5.74, 6) is 0.640. The van der Waals surface area contributed by atoms with E-state index in [1.54, 1.807) is 6.07 Å². The van der Waals surface area contributed by atoms with E-state index >= 15 is 0 Å². The molecule has 0 aliphatic carbocycles. The molecule has 1 atom stereocenters. The van der Waals surface area contributed by atoms with Gasteiger partial charge in [0, 0.05) is 18.7 Å². The second-order valence-electron chi connectivity index (χ2n) is 6.04. The minimum Gasteiger partial charge on any atom is -0.316 e. The number of benzene rings is 1. The highest BCUT2D eigenvalue weighted by Crippen LogP contribution is 2.17. The molecule has 20 heavy (non-hydrogen) atoms. The number of rotatable bonds is 6. The Morgan fingerprint density at radius 1 is 1.40 bits per heavy atom. The van der Waals surface area contributed by atoms with Crippen LogP contribution in [0.1, 0.15) is 37.3 Å². The first-order valence-electron chi connectivity index (χ1n) is 7.87. The van der Waals surface area contributed by atoms with Crippen molar-refractivity contribution in [2.24, 2.45) is 5.92 Å². The first-order valence-corrected chi connectivity index (χ1v) is 7.87. The molecule has 1 aromatic rings. The van der Waals surface area contributed by atoms with Crippen LogP contribution in [0.5, 0.6) is 0 Å². The summed E-state index contributed by atoms with van der Waals surface area (Å²) < 4.78 is 13.9. The summed E-state index contributed by atoms with van der Waals surface area (Å²) in [6, 6.07) is 5.42. The predicted octanol–water partition coefficient (Wildman–Crippen LogP) is 3.35. The smallest absolute Gasteiger partial charge is 0.127 e. The molecular weight excluding hydrogens is 251 g/mol. The maximum Gasteiger partial charge on any atom is 0.127 e. The van der Waals surface area contributed by atoms with Gasteiger partial charge in [0.05, 0.1) is 0 Å². The second kappa shape index (κ2) is 7.75. The molecule has 0 spiro atoms. The highest BCUT2D eigenvalue weighted by molar-refractivity contribution is 5.24. The van der Waals surface area contributed by atoms with E-state index in [0.717, 1.165) is 50.3 Å². The Morgan fingerprint density at radius 3 is 2.95 bits per heavy atom. The van der Waals surface area contributed by atoms with Gasteiger partial charge in [-0.05, 0) is 57.8 Å². The third-order valence-corrected chi connectivity index (χ3v) is 4.05. The van der Waals surface area contributed by atoms with E-state index in [0.29, 0.717) is 5.92 Å². The van der Waals surface area contributed by atoms with Crippen molar-refractivity contribution in [2.45, 2.75) is 39.7 Å². The normalized spacial score (nSPS) is 19.5. The zero-order valence-corrected chi connectivity index (χ0v) is 12.8. The largest absolute Gasteiger partial charge is 0.316 e. The number of aryl methyl sites for hydroxylation is 1. The van der Waals surface area contributed by atoms with Crippen LogP contribution in [0.2, 0.25) is 0 Å². The van der Waals surface area contributed by atoms with Crippen LogP contribution in [0.4, 0.5) is 4.39 Å². The fraction of sp³-hybridized carbons (Fsp3) is 0.647.